The number of nitriles is 1. The highest BCUT2D eigenvalue weighted by atomic mass is 35.5. The first-order valence-electron chi connectivity index (χ1n) is 5.65. The van der Waals surface area contributed by atoms with E-state index in [1.165, 1.54) is 18.5 Å². The number of halogens is 1. The Balaban J connectivity index is 2.61. The van der Waals surface area contributed by atoms with Gasteiger partial charge in [0.25, 0.3) is 10.0 Å². The molecule has 0 N–H and O–H groups in total. The van der Waals surface area contributed by atoms with Crippen LogP contribution < -0.4 is 0 Å². The van der Waals surface area contributed by atoms with E-state index in [-0.39, 0.29) is 10.6 Å². The van der Waals surface area contributed by atoms with E-state index in [1.54, 1.807) is 25.1 Å². The molecule has 0 unspecified atom stereocenters. The lowest BCUT2D eigenvalue weighted by Gasteiger charge is -2.12. The van der Waals surface area contributed by atoms with Crippen molar-refractivity contribution >= 4 is 33.4 Å². The van der Waals surface area contributed by atoms with E-state index in [1.807, 2.05) is 6.07 Å². The number of aryl methyl sites for hydroxylation is 1. The second-order valence-corrected chi connectivity index (χ2v) is 7.25. The summed E-state index contributed by atoms with van der Waals surface area (Å²) in [7, 11) is -3.67. The van der Waals surface area contributed by atoms with Gasteiger partial charge in [-0.3, -0.25) is 0 Å². The van der Waals surface area contributed by atoms with Crippen molar-refractivity contribution < 1.29 is 8.42 Å². The molecule has 0 radical (unpaired) electrons. The van der Waals surface area contributed by atoms with Crippen LogP contribution in [0.3, 0.4) is 0 Å². The largest absolute Gasteiger partial charge is 0.268 e. The third-order valence-electron chi connectivity index (χ3n) is 2.65. The van der Waals surface area contributed by atoms with Crippen LogP contribution in [-0.2, 0) is 10.0 Å². The molecule has 0 bridgehead atoms. The highest BCUT2D eigenvalue weighted by molar-refractivity contribution is 8.00. The number of rotatable bonds is 4. The SMILES string of the molecule is Cc1cc(S(=O)(=O)n2cccc2)c(SCC#N)cc1Cl. The molecule has 2 aromatic rings. The van der Waals surface area contributed by atoms with Gasteiger partial charge < -0.3 is 0 Å². The fraction of sp³-hybridized carbons (Fsp3) is 0.154. The Kier molecular flexibility index (Phi) is 4.43. The number of hydrogen-bond donors (Lipinski definition) is 0. The average Bonchev–Trinajstić information content (AvgIpc) is 2.94. The molecule has 0 spiro atoms. The molecule has 1 aromatic heterocycles. The molecule has 104 valence electrons. The van der Waals surface area contributed by atoms with Crippen molar-refractivity contribution in [3.63, 3.8) is 0 Å². The molecular formula is C13H11ClN2O2S2. The van der Waals surface area contributed by atoms with Gasteiger partial charge in [0.2, 0.25) is 0 Å². The van der Waals surface area contributed by atoms with E-state index >= 15 is 0 Å². The molecule has 0 amide bonds. The van der Waals surface area contributed by atoms with E-state index in [0.29, 0.717) is 15.5 Å². The van der Waals surface area contributed by atoms with Crippen molar-refractivity contribution in [2.24, 2.45) is 0 Å². The molecule has 0 saturated carbocycles. The van der Waals surface area contributed by atoms with E-state index in [4.69, 9.17) is 16.9 Å². The van der Waals surface area contributed by atoms with Crippen LogP contribution in [0.5, 0.6) is 0 Å². The summed E-state index contributed by atoms with van der Waals surface area (Å²) in [5.41, 5.74) is 0.679. The van der Waals surface area contributed by atoms with Gasteiger partial charge in [0.1, 0.15) is 4.90 Å². The molecule has 1 heterocycles. The maximum Gasteiger partial charge on any atom is 0.268 e. The third kappa shape index (κ3) is 2.85. The molecule has 1 aromatic carbocycles. The zero-order valence-corrected chi connectivity index (χ0v) is 13.0. The quantitative estimate of drug-likeness (QED) is 0.809. The maximum atomic E-state index is 12.6. The summed E-state index contributed by atoms with van der Waals surface area (Å²) in [6.07, 6.45) is 2.94. The van der Waals surface area contributed by atoms with Crippen molar-refractivity contribution in [3.8, 4) is 6.07 Å². The molecule has 0 aliphatic rings. The monoisotopic (exact) mass is 326 g/mol. The van der Waals surface area contributed by atoms with Crippen molar-refractivity contribution in [3.05, 3.63) is 47.2 Å². The van der Waals surface area contributed by atoms with Crippen LogP contribution >= 0.6 is 23.4 Å². The zero-order chi connectivity index (χ0) is 14.8. The van der Waals surface area contributed by atoms with Crippen LogP contribution in [0, 0.1) is 18.3 Å². The number of hydrogen-bond acceptors (Lipinski definition) is 4. The van der Waals surface area contributed by atoms with Gasteiger partial charge in [-0.05, 0) is 36.8 Å². The normalized spacial score (nSPS) is 11.2. The van der Waals surface area contributed by atoms with Crippen molar-refractivity contribution in [1.29, 1.82) is 5.26 Å². The van der Waals surface area contributed by atoms with Gasteiger partial charge in [-0.1, -0.05) is 11.6 Å². The molecule has 7 heteroatoms. The lowest BCUT2D eigenvalue weighted by Crippen LogP contribution is -2.12. The molecule has 20 heavy (non-hydrogen) atoms. The first-order chi connectivity index (χ1) is 9.46. The first-order valence-corrected chi connectivity index (χ1v) is 8.45. The second kappa shape index (κ2) is 5.92. The van der Waals surface area contributed by atoms with Crippen LogP contribution in [0.2, 0.25) is 5.02 Å². The number of benzene rings is 1. The third-order valence-corrected chi connectivity index (χ3v) is 5.80. The van der Waals surface area contributed by atoms with Crippen molar-refractivity contribution in [1.82, 2.24) is 3.97 Å². The minimum atomic E-state index is -3.67. The number of thioether (sulfide) groups is 1. The van der Waals surface area contributed by atoms with Crippen LogP contribution in [-0.4, -0.2) is 18.1 Å². The standard InChI is InChI=1S/C13H11ClN2O2S2/c1-10-8-13(12(9-11(10)14)19-7-4-15)20(17,18)16-5-2-3-6-16/h2-3,5-6,8-9H,7H2,1H3. The van der Waals surface area contributed by atoms with E-state index in [0.717, 1.165) is 15.7 Å². The highest BCUT2D eigenvalue weighted by Crippen LogP contribution is 2.32. The van der Waals surface area contributed by atoms with Gasteiger partial charge in [-0.25, -0.2) is 12.4 Å². The Bertz CT molecular complexity index is 762. The van der Waals surface area contributed by atoms with Crippen LogP contribution in [0.15, 0.2) is 46.5 Å². The molecule has 2 rings (SSSR count). The summed E-state index contributed by atoms with van der Waals surface area (Å²) in [5, 5.41) is 9.15. The van der Waals surface area contributed by atoms with E-state index in [9.17, 15) is 8.42 Å². The van der Waals surface area contributed by atoms with E-state index in [2.05, 4.69) is 0 Å². The lowest BCUT2D eigenvalue weighted by molar-refractivity contribution is 0.585. The summed E-state index contributed by atoms with van der Waals surface area (Å²) in [6, 6.07) is 8.40. The Hall–Kier alpha value is -1.42. The van der Waals surface area contributed by atoms with Gasteiger partial charge in [0, 0.05) is 22.3 Å². The molecule has 0 atom stereocenters. The summed E-state index contributed by atoms with van der Waals surface area (Å²) in [5.74, 6) is 0.160. The summed E-state index contributed by atoms with van der Waals surface area (Å²) >= 11 is 7.20. The smallest absolute Gasteiger partial charge is 0.249 e. The van der Waals surface area contributed by atoms with Gasteiger partial charge in [0.05, 0.1) is 11.8 Å². The highest BCUT2D eigenvalue weighted by Gasteiger charge is 2.21. The van der Waals surface area contributed by atoms with Crippen molar-refractivity contribution in [2.45, 2.75) is 16.7 Å². The fourth-order valence-electron chi connectivity index (χ4n) is 1.65. The van der Waals surface area contributed by atoms with Crippen LogP contribution in [0.25, 0.3) is 0 Å². The first kappa shape index (κ1) is 15.0. The summed E-state index contributed by atoms with van der Waals surface area (Å²) in [4.78, 5) is 0.645. The van der Waals surface area contributed by atoms with Crippen LogP contribution in [0.1, 0.15) is 5.56 Å². The van der Waals surface area contributed by atoms with Gasteiger partial charge in [0.15, 0.2) is 0 Å². The molecular weight excluding hydrogens is 316 g/mol. The molecule has 0 fully saturated rings. The van der Waals surface area contributed by atoms with Gasteiger partial charge in [-0.15, -0.1) is 11.8 Å². The second-order valence-electron chi connectivity index (χ2n) is 4.01. The van der Waals surface area contributed by atoms with E-state index < -0.39 is 10.0 Å². The topological polar surface area (TPSA) is 62.9 Å². The average molecular weight is 327 g/mol. The molecule has 0 aliphatic carbocycles. The van der Waals surface area contributed by atoms with Gasteiger partial charge in [-0.2, -0.15) is 5.26 Å². The zero-order valence-electron chi connectivity index (χ0n) is 10.6. The molecule has 0 saturated heterocycles. The number of aromatic nitrogens is 1. The van der Waals surface area contributed by atoms with Crippen LogP contribution in [0.4, 0.5) is 0 Å². The Labute approximate surface area is 127 Å². The molecule has 4 nitrogen and oxygen atoms in total. The van der Waals surface area contributed by atoms with Crippen molar-refractivity contribution in [2.75, 3.05) is 5.75 Å². The minimum absolute atomic E-state index is 0.160. The maximum absolute atomic E-state index is 12.6. The fourth-order valence-corrected chi connectivity index (χ4v) is 4.32. The minimum Gasteiger partial charge on any atom is -0.249 e. The Morgan fingerprint density at radius 3 is 2.60 bits per heavy atom. The summed E-state index contributed by atoms with van der Waals surface area (Å²) in [6.45, 7) is 1.75. The Morgan fingerprint density at radius 2 is 2.00 bits per heavy atom. The predicted octanol–water partition coefficient (Wildman–Crippen LogP) is 3.30. The summed E-state index contributed by atoms with van der Waals surface area (Å²) < 4.78 is 26.3. The molecule has 0 aliphatic heterocycles. The predicted molar refractivity (Wildman–Crippen MR) is 79.5 cm³/mol. The lowest BCUT2D eigenvalue weighted by atomic mass is 10.2. The number of nitrogens with zero attached hydrogens (tertiary/aromatic N) is 2. The van der Waals surface area contributed by atoms with Gasteiger partial charge >= 0.3 is 0 Å². The Morgan fingerprint density at radius 1 is 1.35 bits per heavy atom.